The molecule has 2 N–H and O–H groups in total. The minimum absolute atomic E-state index is 0.436. The fourth-order valence-electron chi connectivity index (χ4n) is 1.89. The van der Waals surface area contributed by atoms with Gasteiger partial charge in [-0.25, -0.2) is 8.78 Å². The van der Waals surface area contributed by atoms with Gasteiger partial charge < -0.3 is 15.4 Å². The molecule has 0 amide bonds. The molecule has 0 saturated carbocycles. The van der Waals surface area contributed by atoms with Crippen molar-refractivity contribution in [1.82, 2.24) is 10.6 Å². The Labute approximate surface area is 138 Å². The van der Waals surface area contributed by atoms with E-state index in [-0.39, 0.29) is 0 Å². The lowest BCUT2D eigenvalue weighted by Gasteiger charge is -2.12. The second-order valence-corrected chi connectivity index (χ2v) is 5.74. The molecule has 0 saturated heterocycles. The number of guanidine groups is 1. The highest BCUT2D eigenvalue weighted by molar-refractivity contribution is 7.09. The van der Waals surface area contributed by atoms with Crippen molar-refractivity contribution >= 4 is 17.3 Å². The maximum Gasteiger partial charge on any atom is 0.272 e. The van der Waals surface area contributed by atoms with Gasteiger partial charge in [-0.1, -0.05) is 18.2 Å². The third-order valence-corrected chi connectivity index (χ3v) is 3.84. The zero-order valence-electron chi connectivity index (χ0n) is 12.8. The lowest BCUT2D eigenvalue weighted by molar-refractivity contribution is 0.0818. The van der Waals surface area contributed by atoms with Gasteiger partial charge in [0.2, 0.25) is 0 Å². The highest BCUT2D eigenvalue weighted by Gasteiger charge is 2.05. The Hall–Kier alpha value is -2.15. The number of ether oxygens (including phenoxy) is 1. The number of alkyl halides is 2. The van der Waals surface area contributed by atoms with Crippen LogP contribution in [0.4, 0.5) is 8.78 Å². The summed E-state index contributed by atoms with van der Waals surface area (Å²) in [6.07, 6.45) is -2.47. The molecule has 1 aromatic carbocycles. The predicted molar refractivity (Wildman–Crippen MR) is 89.3 cm³/mol. The average molecular weight is 339 g/mol. The molecule has 0 bridgehead atoms. The van der Waals surface area contributed by atoms with Crippen LogP contribution in [-0.2, 0) is 13.1 Å². The van der Waals surface area contributed by atoms with E-state index in [4.69, 9.17) is 4.74 Å². The van der Waals surface area contributed by atoms with Crippen LogP contribution in [0.15, 0.2) is 46.8 Å². The van der Waals surface area contributed by atoms with Crippen LogP contribution in [0.1, 0.15) is 10.4 Å². The first kappa shape index (κ1) is 17.2. The van der Waals surface area contributed by atoms with Crippen LogP contribution in [-0.4, -0.2) is 26.0 Å². The highest BCUT2D eigenvalue weighted by atomic mass is 32.1. The summed E-state index contributed by atoms with van der Waals surface area (Å²) >= 11 is 1.68. The minimum atomic E-state index is -2.47. The maximum absolute atomic E-state index is 12.2. The van der Waals surface area contributed by atoms with Gasteiger partial charge in [0.1, 0.15) is 12.4 Å². The third-order valence-electron chi connectivity index (χ3n) is 2.97. The topological polar surface area (TPSA) is 45.7 Å². The number of hydrogen-bond donors (Lipinski definition) is 2. The van der Waals surface area contributed by atoms with Crippen molar-refractivity contribution < 1.29 is 13.5 Å². The van der Waals surface area contributed by atoms with Crippen LogP contribution in [0.3, 0.4) is 0 Å². The number of hydrogen-bond acceptors (Lipinski definition) is 3. The van der Waals surface area contributed by atoms with Gasteiger partial charge >= 0.3 is 0 Å². The Bertz CT molecular complexity index is 618. The van der Waals surface area contributed by atoms with E-state index < -0.39 is 13.0 Å². The number of halogens is 2. The fraction of sp³-hybridized carbons (Fsp3) is 0.312. The summed E-state index contributed by atoms with van der Waals surface area (Å²) < 4.78 is 29.3. The van der Waals surface area contributed by atoms with Gasteiger partial charge in [0.15, 0.2) is 5.96 Å². The molecular formula is C16H19F2N3OS. The number of aliphatic imine (C=N–C) groups is 1. The number of nitrogens with zero attached hydrogens (tertiary/aromatic N) is 1. The summed E-state index contributed by atoms with van der Waals surface area (Å²) in [4.78, 5) is 5.37. The van der Waals surface area contributed by atoms with Crippen molar-refractivity contribution in [2.75, 3.05) is 13.7 Å². The van der Waals surface area contributed by atoms with Crippen molar-refractivity contribution in [2.45, 2.75) is 19.5 Å². The molecule has 23 heavy (non-hydrogen) atoms. The third kappa shape index (κ3) is 6.23. The predicted octanol–water partition coefficient (Wildman–Crippen LogP) is 3.26. The van der Waals surface area contributed by atoms with Gasteiger partial charge in [-0.05, 0) is 29.1 Å². The normalized spacial score (nSPS) is 11.6. The molecule has 7 heteroatoms. The Balaban J connectivity index is 1.82. The Morgan fingerprint density at radius 2 is 2.04 bits per heavy atom. The first-order valence-corrected chi connectivity index (χ1v) is 8.02. The molecule has 1 aromatic heterocycles. The Morgan fingerprint density at radius 3 is 2.74 bits per heavy atom. The van der Waals surface area contributed by atoms with E-state index in [1.54, 1.807) is 36.6 Å². The van der Waals surface area contributed by atoms with E-state index in [0.29, 0.717) is 24.8 Å². The molecule has 0 atom stereocenters. The van der Waals surface area contributed by atoms with Crippen LogP contribution >= 0.6 is 11.3 Å². The quantitative estimate of drug-likeness (QED) is 0.601. The zero-order chi connectivity index (χ0) is 16.5. The summed E-state index contributed by atoms with van der Waals surface area (Å²) in [6.45, 7) is 0.631. The van der Waals surface area contributed by atoms with Gasteiger partial charge in [0.25, 0.3) is 6.43 Å². The summed E-state index contributed by atoms with van der Waals surface area (Å²) in [7, 11) is 1.70. The lowest BCUT2D eigenvalue weighted by Crippen LogP contribution is -2.36. The highest BCUT2D eigenvalue weighted by Crippen LogP contribution is 2.14. The molecule has 0 spiro atoms. The van der Waals surface area contributed by atoms with Crippen LogP contribution in [0.2, 0.25) is 0 Å². The molecule has 0 aliphatic heterocycles. The van der Waals surface area contributed by atoms with Gasteiger partial charge in [-0.15, -0.1) is 11.3 Å². The number of benzene rings is 1. The van der Waals surface area contributed by atoms with E-state index >= 15 is 0 Å². The SMILES string of the molecule is CN=C(NCc1cccc(OCC(F)F)c1)NCc1cccs1. The molecule has 0 unspecified atom stereocenters. The molecule has 1 heterocycles. The van der Waals surface area contributed by atoms with Crippen LogP contribution in [0, 0.1) is 0 Å². The first-order chi connectivity index (χ1) is 11.2. The number of nitrogens with one attached hydrogen (secondary N) is 2. The molecule has 0 aliphatic carbocycles. The van der Waals surface area contributed by atoms with Crippen molar-refractivity contribution in [3.05, 3.63) is 52.2 Å². The van der Waals surface area contributed by atoms with Crippen molar-refractivity contribution in [3.8, 4) is 5.75 Å². The molecule has 124 valence electrons. The first-order valence-electron chi connectivity index (χ1n) is 7.14. The fourth-order valence-corrected chi connectivity index (χ4v) is 2.54. The van der Waals surface area contributed by atoms with Gasteiger partial charge in [0.05, 0.1) is 6.54 Å². The Morgan fingerprint density at radius 1 is 1.22 bits per heavy atom. The smallest absolute Gasteiger partial charge is 0.272 e. The van der Waals surface area contributed by atoms with E-state index in [9.17, 15) is 8.78 Å². The monoisotopic (exact) mass is 339 g/mol. The second kappa shape index (κ2) is 9.09. The van der Waals surface area contributed by atoms with Crippen molar-refractivity contribution in [3.63, 3.8) is 0 Å². The standard InChI is InChI=1S/C16H19F2N3OS/c1-19-16(21-10-14-6-3-7-23-14)20-9-12-4-2-5-13(8-12)22-11-15(17)18/h2-8,15H,9-11H2,1H3,(H2,19,20,21). The lowest BCUT2D eigenvalue weighted by atomic mass is 10.2. The number of rotatable bonds is 7. The second-order valence-electron chi connectivity index (χ2n) is 4.71. The maximum atomic E-state index is 12.2. The molecule has 2 aromatic rings. The summed E-state index contributed by atoms with van der Waals surface area (Å²) in [5.74, 6) is 1.11. The van der Waals surface area contributed by atoms with Gasteiger partial charge in [-0.2, -0.15) is 0 Å². The van der Waals surface area contributed by atoms with Crippen molar-refractivity contribution in [2.24, 2.45) is 4.99 Å². The largest absolute Gasteiger partial charge is 0.488 e. The van der Waals surface area contributed by atoms with Crippen molar-refractivity contribution in [1.29, 1.82) is 0 Å². The molecule has 0 fully saturated rings. The van der Waals surface area contributed by atoms with Gasteiger partial charge in [0, 0.05) is 18.5 Å². The summed E-state index contributed by atoms with van der Waals surface area (Å²) in [6, 6.07) is 11.1. The van der Waals surface area contributed by atoms with E-state index in [1.807, 2.05) is 17.5 Å². The van der Waals surface area contributed by atoms with Crippen LogP contribution in [0.5, 0.6) is 5.75 Å². The Kier molecular flexibility index (Phi) is 6.80. The summed E-state index contributed by atoms with van der Waals surface area (Å²) in [5.41, 5.74) is 0.927. The molecular weight excluding hydrogens is 320 g/mol. The molecule has 0 aliphatic rings. The van der Waals surface area contributed by atoms with E-state index in [0.717, 1.165) is 5.56 Å². The molecule has 2 rings (SSSR count). The van der Waals surface area contributed by atoms with E-state index in [2.05, 4.69) is 21.7 Å². The van der Waals surface area contributed by atoms with Gasteiger partial charge in [-0.3, -0.25) is 4.99 Å². The molecule has 4 nitrogen and oxygen atoms in total. The van der Waals surface area contributed by atoms with Crippen LogP contribution in [0.25, 0.3) is 0 Å². The van der Waals surface area contributed by atoms with Crippen LogP contribution < -0.4 is 15.4 Å². The molecule has 0 radical (unpaired) electrons. The zero-order valence-corrected chi connectivity index (χ0v) is 13.6. The van der Waals surface area contributed by atoms with E-state index in [1.165, 1.54) is 4.88 Å². The summed E-state index contributed by atoms with van der Waals surface area (Å²) in [5, 5.41) is 8.42. The minimum Gasteiger partial charge on any atom is -0.488 e. The average Bonchev–Trinajstić information content (AvgIpc) is 3.07. The number of thiophene rings is 1.